The van der Waals surface area contributed by atoms with Crippen molar-refractivity contribution in [1.29, 1.82) is 0 Å². The van der Waals surface area contributed by atoms with Crippen molar-refractivity contribution in [3.05, 3.63) is 0 Å². The summed E-state index contributed by atoms with van der Waals surface area (Å²) in [5, 5.41) is 1.73. The van der Waals surface area contributed by atoms with E-state index < -0.39 is 0 Å². The number of carbonyl (C=O) groups is 1. The highest BCUT2D eigenvalue weighted by Crippen LogP contribution is 1.99. The lowest BCUT2D eigenvalue weighted by Gasteiger charge is -2.32. The Morgan fingerprint density at radius 1 is 1.31 bits per heavy atom. The molecule has 1 saturated heterocycles. The molecule has 0 aromatic heterocycles. The molecule has 0 radical (unpaired) electrons. The Bertz CT molecular complexity index is 166. The molecule has 0 aliphatic carbocycles. The minimum atomic E-state index is 0.144. The van der Waals surface area contributed by atoms with Crippen LogP contribution >= 0.6 is 0 Å². The van der Waals surface area contributed by atoms with E-state index >= 15 is 0 Å². The van der Waals surface area contributed by atoms with Crippen molar-refractivity contribution in [3.63, 3.8) is 0 Å². The predicted octanol–water partition coefficient (Wildman–Crippen LogP) is -2.14. The maximum atomic E-state index is 11.4. The lowest BCUT2D eigenvalue weighted by Crippen LogP contribution is -2.51. The summed E-state index contributed by atoms with van der Waals surface area (Å²) in [6, 6.07) is 0. The van der Waals surface area contributed by atoms with Crippen LogP contribution in [0.1, 0.15) is 6.42 Å². The van der Waals surface area contributed by atoms with E-state index in [1.165, 1.54) is 0 Å². The quantitative estimate of drug-likeness (QED) is 0.346. The second-order valence-electron chi connectivity index (χ2n) is 3.12. The van der Waals surface area contributed by atoms with Gasteiger partial charge >= 0.3 is 0 Å². The van der Waals surface area contributed by atoms with Gasteiger partial charge in [0, 0.05) is 39.1 Å². The summed E-state index contributed by atoms with van der Waals surface area (Å²) >= 11 is 0. The number of carbonyl (C=O) groups excluding carboxylic acids is 1. The zero-order chi connectivity index (χ0) is 9.68. The average molecular weight is 187 g/mol. The number of nitrogens with two attached hydrogens (primary N) is 2. The van der Waals surface area contributed by atoms with Gasteiger partial charge in [0.05, 0.1) is 0 Å². The minimum Gasteiger partial charge on any atom is -0.340 e. The SMILES string of the molecule is NNCCC(=O)N1CCN(N)CC1. The summed E-state index contributed by atoms with van der Waals surface area (Å²) in [7, 11) is 0. The van der Waals surface area contributed by atoms with Crippen LogP contribution < -0.4 is 17.1 Å². The number of hydrogen-bond donors (Lipinski definition) is 3. The Balaban J connectivity index is 2.23. The topological polar surface area (TPSA) is 87.6 Å². The summed E-state index contributed by atoms with van der Waals surface area (Å²) < 4.78 is 0. The lowest BCUT2D eigenvalue weighted by molar-refractivity contribution is -0.132. The second kappa shape index (κ2) is 5.13. The molecule has 0 spiro atoms. The maximum absolute atomic E-state index is 11.4. The predicted molar refractivity (Wildman–Crippen MR) is 49.1 cm³/mol. The van der Waals surface area contributed by atoms with Crippen LogP contribution in [-0.4, -0.2) is 48.5 Å². The first-order valence-electron chi connectivity index (χ1n) is 4.45. The Kier molecular flexibility index (Phi) is 4.10. The highest BCUT2D eigenvalue weighted by molar-refractivity contribution is 5.76. The number of hydrogen-bond acceptors (Lipinski definition) is 5. The van der Waals surface area contributed by atoms with Gasteiger partial charge < -0.3 is 4.90 Å². The molecule has 0 aromatic carbocycles. The molecule has 0 unspecified atom stereocenters. The standard InChI is InChI=1S/C7H17N5O/c8-10-2-1-7(13)11-3-5-12(9)6-4-11/h10H,1-6,8-9H2. The van der Waals surface area contributed by atoms with Gasteiger partial charge in [0.25, 0.3) is 0 Å². The zero-order valence-electron chi connectivity index (χ0n) is 7.70. The molecule has 0 saturated carbocycles. The largest absolute Gasteiger partial charge is 0.340 e. The molecule has 1 amide bonds. The first-order chi connectivity index (χ1) is 6.24. The summed E-state index contributed by atoms with van der Waals surface area (Å²) in [6.45, 7) is 3.48. The summed E-state index contributed by atoms with van der Waals surface area (Å²) in [5.41, 5.74) is 2.46. The Labute approximate surface area is 77.8 Å². The van der Waals surface area contributed by atoms with Crippen molar-refractivity contribution in [2.45, 2.75) is 6.42 Å². The van der Waals surface area contributed by atoms with Gasteiger partial charge in [-0.3, -0.25) is 21.9 Å². The smallest absolute Gasteiger partial charge is 0.223 e. The molecule has 0 atom stereocenters. The molecule has 13 heavy (non-hydrogen) atoms. The van der Waals surface area contributed by atoms with Crippen LogP contribution in [0, 0.1) is 0 Å². The molecule has 6 nitrogen and oxygen atoms in total. The average Bonchev–Trinajstić information content (AvgIpc) is 2.15. The van der Waals surface area contributed by atoms with Crippen molar-refractivity contribution in [2.24, 2.45) is 11.7 Å². The molecule has 0 bridgehead atoms. The highest BCUT2D eigenvalue weighted by atomic mass is 16.2. The fraction of sp³-hybridized carbons (Fsp3) is 0.857. The molecule has 1 heterocycles. The highest BCUT2D eigenvalue weighted by Gasteiger charge is 2.18. The molecule has 6 heteroatoms. The molecular formula is C7H17N5O. The van der Waals surface area contributed by atoms with E-state index in [1.807, 2.05) is 4.90 Å². The second-order valence-corrected chi connectivity index (χ2v) is 3.12. The molecule has 5 N–H and O–H groups in total. The van der Waals surface area contributed by atoms with Gasteiger partial charge in [-0.1, -0.05) is 0 Å². The van der Waals surface area contributed by atoms with Gasteiger partial charge in [0.2, 0.25) is 5.91 Å². The maximum Gasteiger partial charge on any atom is 0.223 e. The Morgan fingerprint density at radius 3 is 2.46 bits per heavy atom. The minimum absolute atomic E-state index is 0.144. The summed E-state index contributed by atoms with van der Waals surface area (Å²) in [6.07, 6.45) is 0.459. The Morgan fingerprint density at radius 2 is 1.92 bits per heavy atom. The van der Waals surface area contributed by atoms with Crippen LogP contribution in [0.2, 0.25) is 0 Å². The van der Waals surface area contributed by atoms with Crippen LogP contribution in [-0.2, 0) is 4.79 Å². The first kappa shape index (κ1) is 10.4. The van der Waals surface area contributed by atoms with Crippen molar-refractivity contribution < 1.29 is 4.79 Å². The monoisotopic (exact) mass is 187 g/mol. The third-order valence-electron chi connectivity index (χ3n) is 2.15. The van der Waals surface area contributed by atoms with E-state index in [0.717, 1.165) is 26.2 Å². The molecular weight excluding hydrogens is 170 g/mol. The van der Waals surface area contributed by atoms with Crippen molar-refractivity contribution in [2.75, 3.05) is 32.7 Å². The number of piperazine rings is 1. The molecule has 76 valence electrons. The molecule has 1 fully saturated rings. The number of hydrazine groups is 2. The Hall–Kier alpha value is -0.690. The van der Waals surface area contributed by atoms with Crippen LogP contribution in [0.4, 0.5) is 0 Å². The number of amides is 1. The van der Waals surface area contributed by atoms with Crippen molar-refractivity contribution in [3.8, 4) is 0 Å². The number of rotatable bonds is 3. The van der Waals surface area contributed by atoms with Crippen LogP contribution in [0.5, 0.6) is 0 Å². The molecule has 0 aromatic rings. The molecule has 1 rings (SSSR count). The molecule has 1 aliphatic rings. The summed E-state index contributed by atoms with van der Waals surface area (Å²) in [4.78, 5) is 13.3. The molecule has 1 aliphatic heterocycles. The first-order valence-corrected chi connectivity index (χ1v) is 4.45. The van der Waals surface area contributed by atoms with Crippen LogP contribution in [0.3, 0.4) is 0 Å². The van der Waals surface area contributed by atoms with Gasteiger partial charge in [-0.15, -0.1) is 0 Å². The fourth-order valence-corrected chi connectivity index (χ4v) is 1.31. The third kappa shape index (κ3) is 3.27. The van der Waals surface area contributed by atoms with Crippen molar-refractivity contribution in [1.82, 2.24) is 15.3 Å². The number of nitrogens with zero attached hydrogens (tertiary/aromatic N) is 2. The van der Waals surface area contributed by atoms with Gasteiger partial charge in [-0.25, -0.2) is 5.01 Å². The lowest BCUT2D eigenvalue weighted by atomic mass is 10.3. The van der Waals surface area contributed by atoms with E-state index in [-0.39, 0.29) is 5.91 Å². The van der Waals surface area contributed by atoms with Crippen LogP contribution in [0.15, 0.2) is 0 Å². The third-order valence-corrected chi connectivity index (χ3v) is 2.15. The van der Waals surface area contributed by atoms with E-state index in [1.54, 1.807) is 5.01 Å². The van der Waals surface area contributed by atoms with Gasteiger partial charge in [-0.05, 0) is 0 Å². The summed E-state index contributed by atoms with van der Waals surface area (Å²) in [5.74, 6) is 10.8. The van der Waals surface area contributed by atoms with Gasteiger partial charge in [0.15, 0.2) is 0 Å². The van der Waals surface area contributed by atoms with E-state index in [2.05, 4.69) is 5.43 Å². The van der Waals surface area contributed by atoms with Crippen LogP contribution in [0.25, 0.3) is 0 Å². The van der Waals surface area contributed by atoms with Gasteiger partial charge in [-0.2, -0.15) is 0 Å². The fourth-order valence-electron chi connectivity index (χ4n) is 1.31. The van der Waals surface area contributed by atoms with Crippen molar-refractivity contribution >= 4 is 5.91 Å². The van der Waals surface area contributed by atoms with E-state index in [9.17, 15) is 4.79 Å². The zero-order valence-corrected chi connectivity index (χ0v) is 7.70. The van der Waals surface area contributed by atoms with E-state index in [0.29, 0.717) is 13.0 Å². The normalized spacial score (nSPS) is 19.1. The van der Waals surface area contributed by atoms with E-state index in [4.69, 9.17) is 11.7 Å². The number of nitrogens with one attached hydrogen (secondary N) is 1. The van der Waals surface area contributed by atoms with Gasteiger partial charge in [0.1, 0.15) is 0 Å².